The third kappa shape index (κ3) is 8.31. The fraction of sp³-hybridized carbons (Fsp3) is 0.225. The van der Waals surface area contributed by atoms with Crippen LogP contribution in [0.25, 0.3) is 0 Å². The molecule has 1 aliphatic rings. The number of nitro groups is 1. The van der Waals surface area contributed by atoms with Crippen molar-refractivity contribution in [1.29, 1.82) is 0 Å². The van der Waals surface area contributed by atoms with Crippen molar-refractivity contribution in [2.24, 2.45) is 0 Å². The van der Waals surface area contributed by atoms with E-state index in [1.807, 2.05) is 121 Å². The summed E-state index contributed by atoms with van der Waals surface area (Å²) >= 11 is 0. The van der Waals surface area contributed by atoms with E-state index in [0.29, 0.717) is 0 Å². The molecular formula is C40H37NO10. The van der Waals surface area contributed by atoms with Gasteiger partial charge in [-0.05, 0) is 34.4 Å². The standard InChI is InChI=1S/C40H37NO10/c42-35(47-25-28-13-5-1-6-14-28)27-48-38-36(43)34(51-39(37(38)44)50-33-23-21-32(22-24-33)41(45)46)26-49-40(29-15-7-2-8-16-29,30-17-9-3-10-18-30)31-19-11-4-12-20-31/h1-24,34,36-39,43-44H,25-27H2/t34-,36-,37+,38+,39+/m1/s1. The highest BCUT2D eigenvalue weighted by Crippen LogP contribution is 2.41. The Kier molecular flexibility index (Phi) is 11.5. The van der Waals surface area contributed by atoms with Crippen LogP contribution < -0.4 is 4.74 Å². The average molecular weight is 692 g/mol. The van der Waals surface area contributed by atoms with Gasteiger partial charge in [-0.1, -0.05) is 121 Å². The molecule has 6 rings (SSSR count). The zero-order valence-electron chi connectivity index (χ0n) is 27.5. The Morgan fingerprint density at radius 3 is 1.75 bits per heavy atom. The summed E-state index contributed by atoms with van der Waals surface area (Å²) in [6, 6.07) is 43.3. The number of carbonyl (C=O) groups excluding carboxylic acids is 1. The maximum absolute atomic E-state index is 12.7. The fourth-order valence-corrected chi connectivity index (χ4v) is 6.03. The van der Waals surface area contributed by atoms with E-state index in [-0.39, 0.29) is 24.7 Å². The van der Waals surface area contributed by atoms with Crippen LogP contribution in [0.2, 0.25) is 0 Å². The van der Waals surface area contributed by atoms with Gasteiger partial charge in [-0.2, -0.15) is 0 Å². The first-order chi connectivity index (χ1) is 24.8. The number of esters is 1. The first-order valence-electron chi connectivity index (χ1n) is 16.4. The Morgan fingerprint density at radius 1 is 0.725 bits per heavy atom. The van der Waals surface area contributed by atoms with E-state index in [9.17, 15) is 25.1 Å². The highest BCUT2D eigenvalue weighted by Gasteiger charge is 2.48. The van der Waals surface area contributed by atoms with Crippen LogP contribution in [0.5, 0.6) is 5.75 Å². The number of rotatable bonds is 14. The number of hydrogen-bond acceptors (Lipinski definition) is 10. The predicted molar refractivity (Wildman–Crippen MR) is 186 cm³/mol. The van der Waals surface area contributed by atoms with Crippen molar-refractivity contribution in [2.45, 2.75) is 42.9 Å². The van der Waals surface area contributed by atoms with Gasteiger partial charge in [0.05, 0.1) is 11.5 Å². The molecule has 1 saturated heterocycles. The minimum atomic E-state index is -1.59. The van der Waals surface area contributed by atoms with Crippen molar-refractivity contribution >= 4 is 11.7 Å². The van der Waals surface area contributed by atoms with E-state index in [4.69, 9.17) is 23.7 Å². The zero-order chi connectivity index (χ0) is 35.6. The zero-order valence-corrected chi connectivity index (χ0v) is 27.5. The largest absolute Gasteiger partial charge is 0.462 e. The lowest BCUT2D eigenvalue weighted by Gasteiger charge is -2.43. The monoisotopic (exact) mass is 691 g/mol. The minimum absolute atomic E-state index is 0.0187. The first-order valence-corrected chi connectivity index (χ1v) is 16.4. The van der Waals surface area contributed by atoms with E-state index in [2.05, 4.69) is 0 Å². The lowest BCUT2D eigenvalue weighted by atomic mass is 9.80. The van der Waals surface area contributed by atoms with Gasteiger partial charge in [0, 0.05) is 12.1 Å². The van der Waals surface area contributed by atoms with Gasteiger partial charge in [-0.25, -0.2) is 4.79 Å². The van der Waals surface area contributed by atoms with Crippen LogP contribution >= 0.6 is 0 Å². The molecule has 1 heterocycles. The summed E-state index contributed by atoms with van der Waals surface area (Å²) in [7, 11) is 0. The van der Waals surface area contributed by atoms with Crippen molar-refractivity contribution in [1.82, 2.24) is 0 Å². The SMILES string of the molecule is O=C(CO[C@@H]1[C@H](O)[C@@H](Oc2ccc([N+](=O)[O-])cc2)O[C@H](COC(c2ccccc2)(c2ccccc2)c2ccccc2)[C@H]1O)OCc1ccccc1. The summed E-state index contributed by atoms with van der Waals surface area (Å²) in [6.07, 6.45) is -7.01. The second-order valence-corrected chi connectivity index (χ2v) is 11.9. The van der Waals surface area contributed by atoms with Crippen molar-refractivity contribution in [2.75, 3.05) is 13.2 Å². The van der Waals surface area contributed by atoms with Gasteiger partial charge in [-0.15, -0.1) is 0 Å². The topological polar surface area (TPSA) is 147 Å². The van der Waals surface area contributed by atoms with Gasteiger partial charge in [0.25, 0.3) is 5.69 Å². The molecule has 0 radical (unpaired) electrons. The number of aliphatic hydroxyl groups is 2. The van der Waals surface area contributed by atoms with Gasteiger partial charge in [0.2, 0.25) is 6.29 Å². The van der Waals surface area contributed by atoms with Crippen LogP contribution in [0.4, 0.5) is 5.69 Å². The van der Waals surface area contributed by atoms with Crippen LogP contribution in [0, 0.1) is 10.1 Å². The number of benzene rings is 5. The van der Waals surface area contributed by atoms with Crippen LogP contribution in [0.3, 0.4) is 0 Å². The number of carbonyl (C=O) groups is 1. The maximum atomic E-state index is 12.7. The summed E-state index contributed by atoms with van der Waals surface area (Å²) in [4.78, 5) is 23.3. The van der Waals surface area contributed by atoms with Crippen molar-refractivity contribution in [3.8, 4) is 5.75 Å². The number of nitro benzene ring substituents is 1. The van der Waals surface area contributed by atoms with E-state index in [1.165, 1.54) is 24.3 Å². The van der Waals surface area contributed by atoms with E-state index in [1.54, 1.807) is 0 Å². The second-order valence-electron chi connectivity index (χ2n) is 11.9. The molecule has 262 valence electrons. The van der Waals surface area contributed by atoms with Gasteiger partial charge in [0.15, 0.2) is 0 Å². The van der Waals surface area contributed by atoms with Crippen LogP contribution in [-0.2, 0) is 35.9 Å². The third-order valence-corrected chi connectivity index (χ3v) is 8.58. The van der Waals surface area contributed by atoms with Crippen LogP contribution in [-0.4, -0.2) is 65.0 Å². The predicted octanol–water partition coefficient (Wildman–Crippen LogP) is 5.56. The summed E-state index contributed by atoms with van der Waals surface area (Å²) in [5.74, 6) is -0.546. The smallest absolute Gasteiger partial charge is 0.332 e. The highest BCUT2D eigenvalue weighted by molar-refractivity contribution is 5.70. The fourth-order valence-electron chi connectivity index (χ4n) is 6.03. The first kappa shape index (κ1) is 35.4. The lowest BCUT2D eigenvalue weighted by molar-refractivity contribution is -0.384. The molecule has 5 aromatic rings. The average Bonchev–Trinajstić information content (AvgIpc) is 3.17. The molecule has 51 heavy (non-hydrogen) atoms. The van der Waals surface area contributed by atoms with E-state index < -0.39 is 53.8 Å². The highest BCUT2D eigenvalue weighted by atomic mass is 16.7. The van der Waals surface area contributed by atoms with E-state index in [0.717, 1.165) is 22.3 Å². The molecule has 1 aliphatic heterocycles. The molecule has 0 saturated carbocycles. The Bertz CT molecular complexity index is 1750. The maximum Gasteiger partial charge on any atom is 0.332 e. The Morgan fingerprint density at radius 2 is 1.24 bits per heavy atom. The summed E-state index contributed by atoms with van der Waals surface area (Å²) in [5, 5.41) is 34.2. The molecule has 0 spiro atoms. The van der Waals surface area contributed by atoms with E-state index >= 15 is 0 Å². The number of ether oxygens (including phenoxy) is 5. The molecule has 0 amide bonds. The molecule has 0 unspecified atom stereocenters. The normalized spacial score (nSPS) is 20.3. The molecular weight excluding hydrogens is 654 g/mol. The molecule has 1 fully saturated rings. The minimum Gasteiger partial charge on any atom is -0.462 e. The molecule has 0 aromatic heterocycles. The number of non-ortho nitro benzene ring substituents is 1. The Labute approximate surface area is 294 Å². The lowest BCUT2D eigenvalue weighted by Crippen LogP contribution is -2.61. The Hall–Kier alpha value is -5.43. The van der Waals surface area contributed by atoms with Crippen LogP contribution in [0.15, 0.2) is 146 Å². The summed E-state index contributed by atoms with van der Waals surface area (Å²) in [6.45, 7) is -0.777. The molecule has 11 heteroatoms. The molecule has 0 aliphatic carbocycles. The van der Waals surface area contributed by atoms with Gasteiger partial charge < -0.3 is 33.9 Å². The van der Waals surface area contributed by atoms with Crippen LogP contribution in [0.1, 0.15) is 22.3 Å². The summed E-state index contributed by atoms with van der Waals surface area (Å²) in [5.41, 5.74) is 1.93. The van der Waals surface area contributed by atoms with Crippen molar-refractivity contribution in [3.63, 3.8) is 0 Å². The number of hydrogen-bond donors (Lipinski definition) is 2. The van der Waals surface area contributed by atoms with Gasteiger partial charge in [0.1, 0.15) is 49.0 Å². The van der Waals surface area contributed by atoms with Crippen molar-refractivity contribution in [3.05, 3.63) is 178 Å². The molecule has 5 atom stereocenters. The molecule has 2 N–H and O–H groups in total. The number of nitrogens with zero attached hydrogens (tertiary/aromatic N) is 1. The number of aliphatic hydroxyl groups excluding tert-OH is 2. The second kappa shape index (κ2) is 16.5. The van der Waals surface area contributed by atoms with Gasteiger partial charge in [-0.3, -0.25) is 10.1 Å². The Balaban J connectivity index is 1.28. The molecule has 11 nitrogen and oxygen atoms in total. The quantitative estimate of drug-likeness (QED) is 0.0657. The van der Waals surface area contributed by atoms with Gasteiger partial charge >= 0.3 is 5.97 Å². The third-order valence-electron chi connectivity index (χ3n) is 8.58. The molecule has 5 aromatic carbocycles. The molecule has 0 bridgehead atoms. The summed E-state index contributed by atoms with van der Waals surface area (Å²) < 4.78 is 30.2. The van der Waals surface area contributed by atoms with Crippen molar-refractivity contribution < 1.29 is 43.6 Å².